The minimum atomic E-state index is -3.56. The van der Waals surface area contributed by atoms with E-state index in [0.29, 0.717) is 17.1 Å². The standard InChI is InChI=1S/C17H19ClN2O3S/c1-12(2)20-24(22,23)16-9-5-14(6-10-16)17(21)19-11-13-3-7-15(18)8-4-13/h3-10,12,20H,11H2,1-2H3,(H,19,21). The SMILES string of the molecule is CC(C)NS(=O)(=O)c1ccc(C(=O)NCc2ccc(Cl)cc2)cc1. The second-order valence-electron chi connectivity index (χ2n) is 5.61. The summed E-state index contributed by atoms with van der Waals surface area (Å²) in [5.74, 6) is -0.272. The zero-order valence-corrected chi connectivity index (χ0v) is 15.0. The fourth-order valence-corrected chi connectivity index (χ4v) is 3.43. The zero-order chi connectivity index (χ0) is 17.7. The van der Waals surface area contributed by atoms with Gasteiger partial charge in [0.1, 0.15) is 0 Å². The summed E-state index contributed by atoms with van der Waals surface area (Å²) < 4.78 is 26.6. The van der Waals surface area contributed by atoms with Gasteiger partial charge >= 0.3 is 0 Å². The van der Waals surface area contributed by atoms with Crippen LogP contribution in [0.4, 0.5) is 0 Å². The molecular formula is C17H19ClN2O3S. The first-order valence-electron chi connectivity index (χ1n) is 7.43. The predicted octanol–water partition coefficient (Wildman–Crippen LogP) is 2.96. The lowest BCUT2D eigenvalue weighted by atomic mass is 10.2. The second-order valence-corrected chi connectivity index (χ2v) is 7.76. The number of nitrogens with one attached hydrogen (secondary N) is 2. The molecule has 0 spiro atoms. The number of carbonyl (C=O) groups excluding carboxylic acids is 1. The van der Waals surface area contributed by atoms with Crippen LogP contribution in [-0.4, -0.2) is 20.4 Å². The first kappa shape index (κ1) is 18.4. The number of hydrogen-bond acceptors (Lipinski definition) is 3. The Morgan fingerprint density at radius 3 is 2.17 bits per heavy atom. The molecule has 0 bridgehead atoms. The van der Waals surface area contributed by atoms with Gasteiger partial charge in [0.15, 0.2) is 0 Å². The Balaban J connectivity index is 2.02. The second kappa shape index (κ2) is 7.79. The molecule has 1 amide bonds. The number of hydrogen-bond donors (Lipinski definition) is 2. The molecule has 0 unspecified atom stereocenters. The number of sulfonamides is 1. The molecule has 2 aromatic rings. The van der Waals surface area contributed by atoms with Crippen molar-refractivity contribution >= 4 is 27.5 Å². The summed E-state index contributed by atoms with van der Waals surface area (Å²) in [6.07, 6.45) is 0. The molecule has 0 aliphatic carbocycles. The van der Waals surface area contributed by atoms with Crippen molar-refractivity contribution in [3.8, 4) is 0 Å². The largest absolute Gasteiger partial charge is 0.348 e. The van der Waals surface area contributed by atoms with Crippen molar-refractivity contribution in [2.24, 2.45) is 0 Å². The van der Waals surface area contributed by atoms with Gasteiger partial charge in [-0.2, -0.15) is 0 Å². The average Bonchev–Trinajstić information content (AvgIpc) is 2.53. The van der Waals surface area contributed by atoms with Crippen molar-refractivity contribution in [3.05, 3.63) is 64.7 Å². The van der Waals surface area contributed by atoms with E-state index in [1.54, 1.807) is 26.0 Å². The lowest BCUT2D eigenvalue weighted by Crippen LogP contribution is -2.30. The first-order chi connectivity index (χ1) is 11.3. The van der Waals surface area contributed by atoms with Gasteiger partial charge in [-0.25, -0.2) is 13.1 Å². The molecule has 0 aliphatic rings. The molecule has 0 radical (unpaired) electrons. The number of rotatable bonds is 6. The summed E-state index contributed by atoms with van der Waals surface area (Å²) in [6.45, 7) is 3.86. The van der Waals surface area contributed by atoms with Crippen LogP contribution in [0.2, 0.25) is 5.02 Å². The quantitative estimate of drug-likeness (QED) is 0.825. The molecule has 0 saturated heterocycles. The van der Waals surface area contributed by atoms with E-state index in [9.17, 15) is 13.2 Å². The number of benzene rings is 2. The van der Waals surface area contributed by atoms with Gasteiger partial charge in [-0.1, -0.05) is 23.7 Å². The lowest BCUT2D eigenvalue weighted by molar-refractivity contribution is 0.0951. The first-order valence-corrected chi connectivity index (χ1v) is 9.29. The maximum atomic E-state index is 12.1. The summed E-state index contributed by atoms with van der Waals surface area (Å²) in [5.41, 5.74) is 1.32. The van der Waals surface area contributed by atoms with Crippen LogP contribution >= 0.6 is 11.6 Å². The van der Waals surface area contributed by atoms with Crippen molar-refractivity contribution in [1.29, 1.82) is 0 Å². The van der Waals surface area contributed by atoms with Crippen molar-refractivity contribution < 1.29 is 13.2 Å². The van der Waals surface area contributed by atoms with E-state index in [4.69, 9.17) is 11.6 Å². The Kier molecular flexibility index (Phi) is 5.99. The number of amides is 1. The third-order valence-electron chi connectivity index (χ3n) is 3.18. The lowest BCUT2D eigenvalue weighted by Gasteiger charge is -2.10. The molecule has 2 rings (SSSR count). The molecule has 7 heteroatoms. The van der Waals surface area contributed by atoms with Crippen LogP contribution in [-0.2, 0) is 16.6 Å². The van der Waals surface area contributed by atoms with E-state index in [-0.39, 0.29) is 16.8 Å². The summed E-state index contributed by atoms with van der Waals surface area (Å²) >= 11 is 5.81. The number of halogens is 1. The van der Waals surface area contributed by atoms with Gasteiger partial charge < -0.3 is 5.32 Å². The predicted molar refractivity (Wildman–Crippen MR) is 94.5 cm³/mol. The fraction of sp³-hybridized carbons (Fsp3) is 0.235. The monoisotopic (exact) mass is 366 g/mol. The van der Waals surface area contributed by atoms with Crippen LogP contribution in [0, 0.1) is 0 Å². The zero-order valence-electron chi connectivity index (χ0n) is 13.4. The highest BCUT2D eigenvalue weighted by molar-refractivity contribution is 7.89. The summed E-state index contributed by atoms with van der Waals surface area (Å²) in [5, 5.41) is 3.41. The van der Waals surface area contributed by atoms with Crippen LogP contribution in [0.25, 0.3) is 0 Å². The smallest absolute Gasteiger partial charge is 0.251 e. The molecule has 0 saturated carbocycles. The van der Waals surface area contributed by atoms with Crippen LogP contribution in [0.3, 0.4) is 0 Å². The molecule has 0 fully saturated rings. The third-order valence-corrected chi connectivity index (χ3v) is 5.11. The molecular weight excluding hydrogens is 348 g/mol. The van der Waals surface area contributed by atoms with Crippen LogP contribution in [0.1, 0.15) is 29.8 Å². The molecule has 5 nitrogen and oxygen atoms in total. The van der Waals surface area contributed by atoms with Gasteiger partial charge in [0.2, 0.25) is 10.0 Å². The van der Waals surface area contributed by atoms with Gasteiger partial charge in [-0.3, -0.25) is 4.79 Å². The summed E-state index contributed by atoms with van der Waals surface area (Å²) in [6, 6.07) is 12.8. The minimum absolute atomic E-state index is 0.130. The highest BCUT2D eigenvalue weighted by Gasteiger charge is 2.15. The minimum Gasteiger partial charge on any atom is -0.348 e. The molecule has 24 heavy (non-hydrogen) atoms. The van der Waals surface area contributed by atoms with E-state index < -0.39 is 10.0 Å². The van der Waals surface area contributed by atoms with Gasteiger partial charge in [0.25, 0.3) is 5.91 Å². The summed E-state index contributed by atoms with van der Waals surface area (Å²) in [4.78, 5) is 12.3. The highest BCUT2D eigenvalue weighted by Crippen LogP contribution is 2.12. The number of carbonyl (C=O) groups is 1. The summed E-state index contributed by atoms with van der Waals surface area (Å²) in [7, 11) is -3.56. The average molecular weight is 367 g/mol. The maximum Gasteiger partial charge on any atom is 0.251 e. The van der Waals surface area contributed by atoms with E-state index >= 15 is 0 Å². The Morgan fingerprint density at radius 1 is 1.04 bits per heavy atom. The van der Waals surface area contributed by atoms with E-state index in [2.05, 4.69) is 10.0 Å². The Hall–Kier alpha value is -1.89. The van der Waals surface area contributed by atoms with Crippen molar-refractivity contribution in [1.82, 2.24) is 10.0 Å². The molecule has 0 aromatic heterocycles. The van der Waals surface area contributed by atoms with Crippen LogP contribution in [0.5, 0.6) is 0 Å². The topological polar surface area (TPSA) is 75.3 Å². The van der Waals surface area contributed by atoms with Gasteiger partial charge in [0, 0.05) is 23.2 Å². The van der Waals surface area contributed by atoms with E-state index in [1.807, 2.05) is 12.1 Å². The van der Waals surface area contributed by atoms with Gasteiger partial charge in [-0.05, 0) is 55.8 Å². The van der Waals surface area contributed by atoms with E-state index in [0.717, 1.165) is 5.56 Å². The molecule has 2 aromatic carbocycles. The van der Waals surface area contributed by atoms with Crippen LogP contribution in [0.15, 0.2) is 53.4 Å². The van der Waals surface area contributed by atoms with Crippen molar-refractivity contribution in [3.63, 3.8) is 0 Å². The Morgan fingerprint density at radius 2 is 1.62 bits per heavy atom. The fourth-order valence-electron chi connectivity index (χ4n) is 2.05. The van der Waals surface area contributed by atoms with E-state index in [1.165, 1.54) is 24.3 Å². The third kappa shape index (κ3) is 5.06. The van der Waals surface area contributed by atoms with Crippen molar-refractivity contribution in [2.75, 3.05) is 0 Å². The molecule has 0 aliphatic heterocycles. The van der Waals surface area contributed by atoms with Gasteiger partial charge in [0.05, 0.1) is 4.90 Å². The molecule has 0 atom stereocenters. The molecule has 128 valence electrons. The molecule has 2 N–H and O–H groups in total. The highest BCUT2D eigenvalue weighted by atomic mass is 35.5. The molecule has 0 heterocycles. The maximum absolute atomic E-state index is 12.1. The Labute approximate surface area is 147 Å². The normalized spacial score (nSPS) is 11.5. The Bertz CT molecular complexity index is 801. The van der Waals surface area contributed by atoms with Gasteiger partial charge in [-0.15, -0.1) is 0 Å². The van der Waals surface area contributed by atoms with Crippen molar-refractivity contribution in [2.45, 2.75) is 31.3 Å². The van der Waals surface area contributed by atoms with Crippen LogP contribution < -0.4 is 10.0 Å².